The number of nitrogens with one attached hydrogen (secondary N) is 1. The van der Waals surface area contributed by atoms with Gasteiger partial charge in [-0.1, -0.05) is 0 Å². The van der Waals surface area contributed by atoms with E-state index in [2.05, 4.69) is 5.32 Å². The Hall–Kier alpha value is -3.09. The number of carbonyl (C=O) groups excluding carboxylic acids is 1. The number of methoxy groups -OCH3 is 4. The largest absolute Gasteiger partial charge is 0.497 e. The van der Waals surface area contributed by atoms with Crippen molar-refractivity contribution < 1.29 is 28.5 Å². The summed E-state index contributed by atoms with van der Waals surface area (Å²) in [5.41, 5.74) is 1.65. The maximum Gasteiger partial charge on any atom is 0.344 e. The van der Waals surface area contributed by atoms with Crippen molar-refractivity contribution in [3.05, 3.63) is 41.5 Å². The maximum atomic E-state index is 12.3. The third-order valence-corrected chi connectivity index (χ3v) is 3.98. The van der Waals surface area contributed by atoms with Crippen molar-refractivity contribution in [1.29, 1.82) is 0 Å². The van der Waals surface area contributed by atoms with Gasteiger partial charge in [0.1, 0.15) is 17.1 Å². The van der Waals surface area contributed by atoms with Crippen LogP contribution in [0.3, 0.4) is 0 Å². The monoisotopic (exact) mass is 345 g/mol. The molecule has 2 aromatic rings. The van der Waals surface area contributed by atoms with Gasteiger partial charge in [-0.2, -0.15) is 0 Å². The molecular weight excluding hydrogens is 326 g/mol. The molecule has 7 heteroatoms. The van der Waals surface area contributed by atoms with Crippen LogP contribution in [0.2, 0.25) is 0 Å². The number of fused-ring (bicyclic) bond motifs is 1. The van der Waals surface area contributed by atoms with E-state index in [4.69, 9.17) is 23.7 Å². The van der Waals surface area contributed by atoms with Crippen molar-refractivity contribution in [3.8, 4) is 23.0 Å². The Labute approximate surface area is 145 Å². The summed E-state index contributed by atoms with van der Waals surface area (Å²) in [6, 6.07) is 8.83. The lowest BCUT2D eigenvalue weighted by atomic mass is 10.1. The molecule has 0 saturated carbocycles. The highest BCUT2D eigenvalue weighted by Gasteiger charge is 2.36. The van der Waals surface area contributed by atoms with Gasteiger partial charge < -0.3 is 29.0 Å². The Morgan fingerprint density at radius 2 is 1.64 bits per heavy atom. The molecule has 1 aliphatic rings. The van der Waals surface area contributed by atoms with Crippen LogP contribution in [0.25, 0.3) is 0 Å². The van der Waals surface area contributed by atoms with Gasteiger partial charge in [-0.3, -0.25) is 0 Å². The predicted molar refractivity (Wildman–Crippen MR) is 90.9 cm³/mol. The highest BCUT2D eigenvalue weighted by Crippen LogP contribution is 2.43. The van der Waals surface area contributed by atoms with Crippen LogP contribution < -0.4 is 24.3 Å². The molecule has 1 unspecified atom stereocenters. The summed E-state index contributed by atoms with van der Waals surface area (Å²) in [6.45, 7) is 0. The maximum absolute atomic E-state index is 12.3. The predicted octanol–water partition coefficient (Wildman–Crippen LogP) is 3.00. The van der Waals surface area contributed by atoms with Gasteiger partial charge in [0.05, 0.1) is 34.1 Å². The first kappa shape index (κ1) is 16.8. The van der Waals surface area contributed by atoms with Gasteiger partial charge in [0.2, 0.25) is 6.23 Å². The van der Waals surface area contributed by atoms with Gasteiger partial charge in [0.25, 0.3) is 0 Å². The fourth-order valence-corrected chi connectivity index (χ4v) is 2.78. The van der Waals surface area contributed by atoms with Crippen molar-refractivity contribution in [2.45, 2.75) is 6.23 Å². The highest BCUT2D eigenvalue weighted by atomic mass is 16.6. The Morgan fingerprint density at radius 3 is 2.28 bits per heavy atom. The van der Waals surface area contributed by atoms with E-state index < -0.39 is 12.2 Å². The topological polar surface area (TPSA) is 75.2 Å². The van der Waals surface area contributed by atoms with Crippen molar-refractivity contribution in [2.75, 3.05) is 33.8 Å². The summed E-state index contributed by atoms with van der Waals surface area (Å²) >= 11 is 0. The minimum atomic E-state index is -0.677. The van der Waals surface area contributed by atoms with E-state index in [9.17, 15) is 4.79 Å². The number of hydrogen-bond donors (Lipinski definition) is 1. The number of rotatable bonds is 6. The van der Waals surface area contributed by atoms with E-state index in [0.717, 1.165) is 0 Å². The van der Waals surface area contributed by atoms with Crippen molar-refractivity contribution in [2.24, 2.45) is 0 Å². The van der Waals surface area contributed by atoms with Gasteiger partial charge in [0, 0.05) is 11.6 Å². The van der Waals surface area contributed by atoms with Crippen LogP contribution in [0.15, 0.2) is 30.3 Å². The average molecular weight is 345 g/mol. The summed E-state index contributed by atoms with van der Waals surface area (Å²) in [5, 5.41) is 3.17. The van der Waals surface area contributed by atoms with Gasteiger partial charge in [-0.15, -0.1) is 0 Å². The van der Waals surface area contributed by atoms with Crippen LogP contribution >= 0.6 is 0 Å². The van der Waals surface area contributed by atoms with E-state index >= 15 is 0 Å². The third-order valence-electron chi connectivity index (χ3n) is 3.98. The minimum absolute atomic E-state index is 0.348. The molecule has 0 bridgehead atoms. The first-order valence-electron chi connectivity index (χ1n) is 7.57. The molecule has 25 heavy (non-hydrogen) atoms. The molecule has 0 aliphatic carbocycles. The number of carbonyl (C=O) groups is 1. The lowest BCUT2D eigenvalue weighted by Crippen LogP contribution is -2.11. The normalized spacial score (nSPS) is 15.2. The molecule has 1 aliphatic heterocycles. The summed E-state index contributed by atoms with van der Waals surface area (Å²) in [4.78, 5) is 12.3. The number of anilines is 1. The van der Waals surface area contributed by atoms with E-state index in [1.54, 1.807) is 44.6 Å². The van der Waals surface area contributed by atoms with Crippen LogP contribution in [-0.4, -0.2) is 34.4 Å². The third kappa shape index (κ3) is 2.88. The van der Waals surface area contributed by atoms with Gasteiger partial charge in [-0.05, 0) is 24.3 Å². The fourth-order valence-electron chi connectivity index (χ4n) is 2.78. The molecule has 0 amide bonds. The molecule has 0 aromatic heterocycles. The highest BCUT2D eigenvalue weighted by molar-refractivity contribution is 5.98. The summed E-state index contributed by atoms with van der Waals surface area (Å²) < 4.78 is 26.6. The number of cyclic esters (lactones) is 1. The van der Waals surface area contributed by atoms with Gasteiger partial charge >= 0.3 is 5.97 Å². The minimum Gasteiger partial charge on any atom is -0.497 e. The molecule has 7 nitrogen and oxygen atoms in total. The molecule has 0 fully saturated rings. The standard InChI is InChI=1S/C18H19NO6/c1-21-10-5-7-13(22-2)12(9-10)19-17-11-6-8-14(23-3)16(24-4)15(11)18(20)25-17/h5-9,17,19H,1-4H3. The van der Waals surface area contributed by atoms with E-state index in [-0.39, 0.29) is 0 Å². The summed E-state index contributed by atoms with van der Waals surface area (Å²) in [7, 11) is 6.14. The van der Waals surface area contributed by atoms with E-state index in [0.29, 0.717) is 39.8 Å². The zero-order chi connectivity index (χ0) is 18.0. The molecule has 1 atom stereocenters. The number of hydrogen-bond acceptors (Lipinski definition) is 7. The van der Waals surface area contributed by atoms with E-state index in [1.165, 1.54) is 14.2 Å². The molecule has 0 saturated heterocycles. The summed E-state index contributed by atoms with van der Waals surface area (Å²) in [5.74, 6) is 1.60. The van der Waals surface area contributed by atoms with Crippen LogP contribution in [0, 0.1) is 0 Å². The quantitative estimate of drug-likeness (QED) is 0.807. The molecule has 1 N–H and O–H groups in total. The summed E-state index contributed by atoms with van der Waals surface area (Å²) in [6.07, 6.45) is -0.677. The first-order valence-corrected chi connectivity index (χ1v) is 7.57. The fraction of sp³-hybridized carbons (Fsp3) is 0.278. The van der Waals surface area contributed by atoms with Gasteiger partial charge in [0.15, 0.2) is 11.5 Å². The average Bonchev–Trinajstić information content (AvgIpc) is 2.96. The first-order chi connectivity index (χ1) is 12.1. The molecule has 0 spiro atoms. The Balaban J connectivity index is 1.99. The Bertz CT molecular complexity index is 804. The van der Waals surface area contributed by atoms with Crippen LogP contribution in [-0.2, 0) is 4.74 Å². The Kier molecular flexibility index (Phi) is 4.56. The molecule has 0 radical (unpaired) electrons. The number of esters is 1. The number of benzene rings is 2. The number of ether oxygens (including phenoxy) is 5. The van der Waals surface area contributed by atoms with Gasteiger partial charge in [-0.25, -0.2) is 4.79 Å². The second-order valence-electron chi connectivity index (χ2n) is 5.26. The molecule has 132 valence electrons. The molecule has 1 heterocycles. The molecular formula is C18H19NO6. The van der Waals surface area contributed by atoms with Crippen LogP contribution in [0.4, 0.5) is 5.69 Å². The molecule has 2 aromatic carbocycles. The van der Waals surface area contributed by atoms with Crippen molar-refractivity contribution in [3.63, 3.8) is 0 Å². The smallest absolute Gasteiger partial charge is 0.344 e. The van der Waals surface area contributed by atoms with Crippen LogP contribution in [0.5, 0.6) is 23.0 Å². The Morgan fingerprint density at radius 1 is 0.920 bits per heavy atom. The molecule has 3 rings (SSSR count). The van der Waals surface area contributed by atoms with E-state index in [1.807, 2.05) is 0 Å². The van der Waals surface area contributed by atoms with Crippen molar-refractivity contribution >= 4 is 11.7 Å². The lowest BCUT2D eigenvalue weighted by molar-refractivity contribution is 0.0434. The zero-order valence-electron chi connectivity index (χ0n) is 14.4. The lowest BCUT2D eigenvalue weighted by Gasteiger charge is -2.18. The van der Waals surface area contributed by atoms with Crippen LogP contribution in [0.1, 0.15) is 22.1 Å². The second kappa shape index (κ2) is 6.80. The second-order valence-corrected chi connectivity index (χ2v) is 5.26. The zero-order valence-corrected chi connectivity index (χ0v) is 14.4. The SMILES string of the molecule is COc1ccc(OC)c(NC2OC(=O)c3c2ccc(OC)c3OC)c1. The van der Waals surface area contributed by atoms with Crippen molar-refractivity contribution in [1.82, 2.24) is 0 Å².